The van der Waals surface area contributed by atoms with E-state index < -0.39 is 0 Å². The summed E-state index contributed by atoms with van der Waals surface area (Å²) in [5.74, 6) is 1.34. The molecule has 6 nitrogen and oxygen atoms in total. The lowest BCUT2D eigenvalue weighted by Crippen LogP contribution is -2.40. The average Bonchev–Trinajstić information content (AvgIpc) is 2.78. The summed E-state index contributed by atoms with van der Waals surface area (Å²) in [5.41, 5.74) is 2.38. The first kappa shape index (κ1) is 20.2. The van der Waals surface area contributed by atoms with Gasteiger partial charge < -0.3 is 14.6 Å². The summed E-state index contributed by atoms with van der Waals surface area (Å²) in [7, 11) is 1.75. The van der Waals surface area contributed by atoms with Crippen molar-refractivity contribution in [1.29, 1.82) is 0 Å². The van der Waals surface area contributed by atoms with Crippen LogP contribution in [0, 0.1) is 0 Å². The number of hydrogen-bond acceptors (Lipinski definition) is 5. The summed E-state index contributed by atoms with van der Waals surface area (Å²) in [6.07, 6.45) is 5.33. The van der Waals surface area contributed by atoms with Gasteiger partial charge in [0, 0.05) is 45.1 Å². The van der Waals surface area contributed by atoms with Gasteiger partial charge in [-0.15, -0.1) is 0 Å². The van der Waals surface area contributed by atoms with Gasteiger partial charge in [0.25, 0.3) is 5.56 Å². The fourth-order valence-electron chi connectivity index (χ4n) is 3.72. The molecular formula is C24H28N4O2. The van der Waals surface area contributed by atoms with Crippen LogP contribution in [0.5, 0.6) is 5.75 Å². The molecule has 0 bridgehead atoms. The summed E-state index contributed by atoms with van der Waals surface area (Å²) >= 11 is 0. The molecule has 1 aliphatic rings. The number of benzene rings is 2. The van der Waals surface area contributed by atoms with Gasteiger partial charge in [-0.05, 0) is 36.1 Å². The summed E-state index contributed by atoms with van der Waals surface area (Å²) < 4.78 is 7.42. The molecule has 0 unspecified atom stereocenters. The molecule has 0 spiro atoms. The molecule has 2 heterocycles. The first-order chi connectivity index (χ1) is 14.7. The molecule has 1 aromatic heterocycles. The predicted octanol–water partition coefficient (Wildman–Crippen LogP) is 3.44. The Labute approximate surface area is 177 Å². The van der Waals surface area contributed by atoms with E-state index in [0.29, 0.717) is 12.4 Å². The largest absolute Gasteiger partial charge is 0.489 e. The summed E-state index contributed by atoms with van der Waals surface area (Å²) in [6.45, 7) is 3.51. The van der Waals surface area contributed by atoms with Gasteiger partial charge in [0.05, 0.1) is 0 Å². The van der Waals surface area contributed by atoms with E-state index in [9.17, 15) is 4.79 Å². The van der Waals surface area contributed by atoms with Crippen molar-refractivity contribution in [3.63, 3.8) is 0 Å². The van der Waals surface area contributed by atoms with Crippen LogP contribution >= 0.6 is 0 Å². The Balaban J connectivity index is 1.24. The van der Waals surface area contributed by atoms with Crippen LogP contribution in [-0.2, 0) is 20.2 Å². The normalized spacial score (nSPS) is 15.1. The highest BCUT2D eigenvalue weighted by molar-refractivity contribution is 5.32. The van der Waals surface area contributed by atoms with Gasteiger partial charge in [-0.3, -0.25) is 9.69 Å². The Morgan fingerprint density at radius 1 is 1.03 bits per heavy atom. The van der Waals surface area contributed by atoms with E-state index in [1.807, 2.05) is 30.3 Å². The number of piperidine rings is 1. The number of hydrogen-bond donors (Lipinski definition) is 1. The molecule has 156 valence electrons. The average molecular weight is 405 g/mol. The molecule has 0 aliphatic carbocycles. The van der Waals surface area contributed by atoms with Crippen molar-refractivity contribution < 1.29 is 4.74 Å². The van der Waals surface area contributed by atoms with Crippen molar-refractivity contribution in [2.45, 2.75) is 32.0 Å². The van der Waals surface area contributed by atoms with E-state index >= 15 is 0 Å². The number of ether oxygens (including phenoxy) is 1. The van der Waals surface area contributed by atoms with E-state index in [4.69, 9.17) is 4.74 Å². The Hall–Kier alpha value is -3.12. The van der Waals surface area contributed by atoms with Crippen molar-refractivity contribution in [3.8, 4) is 5.75 Å². The van der Waals surface area contributed by atoms with Gasteiger partial charge in [0.2, 0.25) is 0 Å². The second-order valence-corrected chi connectivity index (χ2v) is 7.80. The highest BCUT2D eigenvalue weighted by Gasteiger charge is 2.20. The highest BCUT2D eigenvalue weighted by atomic mass is 16.5. The summed E-state index contributed by atoms with van der Waals surface area (Å²) in [6, 6.07) is 18.9. The molecule has 1 N–H and O–H groups in total. The SMILES string of the molecule is Cn1ccnc(NC2CCN(Cc3ccc(OCc4ccccc4)cc3)CC2)c1=O. The van der Waals surface area contributed by atoms with E-state index in [1.54, 1.807) is 24.0 Å². The second kappa shape index (κ2) is 9.59. The Morgan fingerprint density at radius 3 is 2.50 bits per heavy atom. The first-order valence-corrected chi connectivity index (χ1v) is 10.4. The van der Waals surface area contributed by atoms with Crippen molar-refractivity contribution in [3.05, 3.63) is 88.5 Å². The van der Waals surface area contributed by atoms with E-state index in [-0.39, 0.29) is 11.6 Å². The number of rotatable bonds is 7. The molecule has 0 saturated carbocycles. The van der Waals surface area contributed by atoms with Gasteiger partial charge >= 0.3 is 0 Å². The Kier molecular flexibility index (Phi) is 6.44. The minimum Gasteiger partial charge on any atom is -0.489 e. The molecule has 30 heavy (non-hydrogen) atoms. The molecule has 3 aromatic rings. The van der Waals surface area contributed by atoms with Gasteiger partial charge in [0.15, 0.2) is 5.82 Å². The molecule has 1 fully saturated rings. The number of nitrogens with zero attached hydrogens (tertiary/aromatic N) is 3. The fourth-order valence-corrected chi connectivity index (χ4v) is 3.72. The molecule has 1 saturated heterocycles. The number of nitrogens with one attached hydrogen (secondary N) is 1. The first-order valence-electron chi connectivity index (χ1n) is 10.4. The standard InChI is InChI=1S/C24H28N4O2/c1-27-16-13-25-23(24(27)29)26-21-11-14-28(15-12-21)17-19-7-9-22(10-8-19)30-18-20-5-3-2-4-6-20/h2-10,13,16,21H,11-12,14-15,17-18H2,1H3,(H,25,26). The van der Waals surface area contributed by atoms with Crippen LogP contribution in [0.4, 0.5) is 5.82 Å². The van der Waals surface area contributed by atoms with E-state index in [0.717, 1.165) is 38.2 Å². The third-order valence-electron chi connectivity index (χ3n) is 5.52. The monoisotopic (exact) mass is 404 g/mol. The van der Waals surface area contributed by atoms with Gasteiger partial charge in [-0.1, -0.05) is 42.5 Å². The van der Waals surface area contributed by atoms with Crippen molar-refractivity contribution >= 4 is 5.82 Å². The molecule has 0 radical (unpaired) electrons. The number of aryl methyl sites for hydroxylation is 1. The number of likely N-dealkylation sites (tertiary alicyclic amines) is 1. The molecule has 6 heteroatoms. The van der Waals surface area contributed by atoms with Crippen LogP contribution in [0.25, 0.3) is 0 Å². The van der Waals surface area contributed by atoms with Crippen molar-refractivity contribution in [2.24, 2.45) is 7.05 Å². The maximum Gasteiger partial charge on any atom is 0.293 e. The third-order valence-corrected chi connectivity index (χ3v) is 5.52. The Morgan fingerprint density at radius 2 is 1.77 bits per heavy atom. The maximum atomic E-state index is 12.1. The lowest BCUT2D eigenvalue weighted by molar-refractivity contribution is 0.211. The zero-order valence-electron chi connectivity index (χ0n) is 17.3. The molecule has 0 amide bonds. The predicted molar refractivity (Wildman–Crippen MR) is 119 cm³/mol. The highest BCUT2D eigenvalue weighted by Crippen LogP contribution is 2.19. The van der Waals surface area contributed by atoms with Crippen molar-refractivity contribution in [1.82, 2.24) is 14.5 Å². The summed E-state index contributed by atoms with van der Waals surface area (Å²) in [5, 5.41) is 3.32. The van der Waals surface area contributed by atoms with Gasteiger partial charge in [0.1, 0.15) is 12.4 Å². The van der Waals surface area contributed by atoms with Crippen LogP contribution in [-0.4, -0.2) is 33.6 Å². The topological polar surface area (TPSA) is 59.4 Å². The van der Waals surface area contributed by atoms with Crippen LogP contribution < -0.4 is 15.6 Å². The molecule has 0 atom stereocenters. The number of aromatic nitrogens is 2. The van der Waals surface area contributed by atoms with Crippen LogP contribution in [0.2, 0.25) is 0 Å². The van der Waals surface area contributed by atoms with Gasteiger partial charge in [-0.25, -0.2) is 4.98 Å². The molecule has 2 aromatic carbocycles. The smallest absolute Gasteiger partial charge is 0.293 e. The lowest BCUT2D eigenvalue weighted by atomic mass is 10.0. The number of anilines is 1. The van der Waals surface area contributed by atoms with Crippen molar-refractivity contribution in [2.75, 3.05) is 18.4 Å². The van der Waals surface area contributed by atoms with Crippen LogP contribution in [0.15, 0.2) is 71.8 Å². The second-order valence-electron chi connectivity index (χ2n) is 7.80. The minimum absolute atomic E-state index is 0.0745. The molecule has 1 aliphatic heterocycles. The van der Waals surface area contributed by atoms with E-state index in [1.165, 1.54) is 11.1 Å². The minimum atomic E-state index is -0.0745. The third kappa shape index (κ3) is 5.27. The molecular weight excluding hydrogens is 376 g/mol. The molecule has 4 rings (SSSR count). The summed E-state index contributed by atoms with van der Waals surface area (Å²) in [4.78, 5) is 18.8. The lowest BCUT2D eigenvalue weighted by Gasteiger charge is -2.32. The van der Waals surface area contributed by atoms with Gasteiger partial charge in [-0.2, -0.15) is 0 Å². The van der Waals surface area contributed by atoms with Crippen LogP contribution in [0.3, 0.4) is 0 Å². The Bertz CT molecular complexity index is 994. The van der Waals surface area contributed by atoms with Crippen LogP contribution in [0.1, 0.15) is 24.0 Å². The quantitative estimate of drug-likeness (QED) is 0.654. The van der Waals surface area contributed by atoms with E-state index in [2.05, 4.69) is 39.5 Å². The zero-order valence-corrected chi connectivity index (χ0v) is 17.3. The maximum absolute atomic E-state index is 12.1. The zero-order chi connectivity index (χ0) is 20.8. The fraction of sp³-hybridized carbons (Fsp3) is 0.333.